The van der Waals surface area contributed by atoms with Crippen LogP contribution in [0.4, 0.5) is 0 Å². The van der Waals surface area contributed by atoms with Crippen LogP contribution in [0.15, 0.2) is 24.3 Å². The maximum absolute atomic E-state index is 11.6. The van der Waals surface area contributed by atoms with E-state index >= 15 is 0 Å². The second-order valence-electron chi connectivity index (χ2n) is 4.61. The molecule has 18 heavy (non-hydrogen) atoms. The Kier molecular flexibility index (Phi) is 4.20. The summed E-state index contributed by atoms with van der Waals surface area (Å²) in [6, 6.07) is 7.24. The third-order valence-electron chi connectivity index (χ3n) is 3.25. The van der Waals surface area contributed by atoms with E-state index in [1.54, 1.807) is 6.07 Å². The summed E-state index contributed by atoms with van der Waals surface area (Å²) in [6.07, 6.45) is 2.17. The molecule has 2 rings (SSSR count). The molecule has 0 amide bonds. The van der Waals surface area contributed by atoms with Crippen LogP contribution in [0.3, 0.4) is 0 Å². The topological polar surface area (TPSA) is 38.8 Å². The highest BCUT2D eigenvalue weighted by Crippen LogP contribution is 2.23. The molecule has 4 heteroatoms. The predicted octanol–water partition coefficient (Wildman–Crippen LogP) is 1.95. The lowest BCUT2D eigenvalue weighted by Crippen LogP contribution is -2.35. The molecule has 1 heterocycles. The van der Waals surface area contributed by atoms with Crippen molar-refractivity contribution in [1.29, 1.82) is 0 Å². The Morgan fingerprint density at radius 2 is 1.94 bits per heavy atom. The summed E-state index contributed by atoms with van der Waals surface area (Å²) in [5.41, 5.74) is 0.499. The summed E-state index contributed by atoms with van der Waals surface area (Å²) >= 11 is 0. The molecule has 0 aliphatic carbocycles. The zero-order valence-corrected chi connectivity index (χ0v) is 10.9. The second-order valence-corrected chi connectivity index (χ2v) is 4.61. The number of rotatable bonds is 3. The second kappa shape index (κ2) is 5.87. The smallest absolute Gasteiger partial charge is 0.341 e. The van der Waals surface area contributed by atoms with Crippen LogP contribution in [-0.2, 0) is 4.74 Å². The van der Waals surface area contributed by atoms with E-state index in [2.05, 4.69) is 11.9 Å². The molecule has 1 aliphatic rings. The minimum absolute atomic E-state index is 0.187. The summed E-state index contributed by atoms with van der Waals surface area (Å²) in [5.74, 6) is 0.275. The minimum atomic E-state index is -0.349. The van der Waals surface area contributed by atoms with E-state index < -0.39 is 0 Å². The zero-order valence-electron chi connectivity index (χ0n) is 10.9. The van der Waals surface area contributed by atoms with Gasteiger partial charge in [-0.1, -0.05) is 12.1 Å². The van der Waals surface area contributed by atoms with Gasteiger partial charge in [0.05, 0.1) is 7.11 Å². The van der Waals surface area contributed by atoms with Crippen molar-refractivity contribution in [3.8, 4) is 5.75 Å². The van der Waals surface area contributed by atoms with Gasteiger partial charge in [-0.3, -0.25) is 0 Å². The SMILES string of the molecule is COC(=O)c1ccccc1OC1CCN(C)CC1. The van der Waals surface area contributed by atoms with E-state index in [9.17, 15) is 4.79 Å². The molecule has 1 aliphatic heterocycles. The maximum atomic E-state index is 11.6. The van der Waals surface area contributed by atoms with Gasteiger partial charge in [0.1, 0.15) is 17.4 Å². The molecule has 0 bridgehead atoms. The number of para-hydroxylation sites is 1. The Morgan fingerprint density at radius 3 is 2.61 bits per heavy atom. The fraction of sp³-hybridized carbons (Fsp3) is 0.500. The summed E-state index contributed by atoms with van der Waals surface area (Å²) in [5, 5.41) is 0. The molecule has 1 saturated heterocycles. The number of piperidine rings is 1. The molecule has 0 unspecified atom stereocenters. The van der Waals surface area contributed by atoms with Gasteiger partial charge in [-0.25, -0.2) is 4.79 Å². The van der Waals surface area contributed by atoms with Crippen LogP contribution in [0, 0.1) is 0 Å². The summed E-state index contributed by atoms with van der Waals surface area (Å²) in [4.78, 5) is 13.9. The van der Waals surface area contributed by atoms with Gasteiger partial charge in [0.2, 0.25) is 0 Å². The minimum Gasteiger partial charge on any atom is -0.489 e. The monoisotopic (exact) mass is 249 g/mol. The lowest BCUT2D eigenvalue weighted by atomic mass is 10.1. The molecule has 1 aromatic rings. The Labute approximate surface area is 107 Å². The quantitative estimate of drug-likeness (QED) is 0.767. The molecule has 1 fully saturated rings. The molecular weight excluding hydrogens is 230 g/mol. The third kappa shape index (κ3) is 3.01. The number of esters is 1. The maximum Gasteiger partial charge on any atom is 0.341 e. The predicted molar refractivity (Wildman–Crippen MR) is 68.9 cm³/mol. The molecule has 98 valence electrons. The van der Waals surface area contributed by atoms with E-state index in [0.717, 1.165) is 25.9 Å². The van der Waals surface area contributed by atoms with E-state index in [4.69, 9.17) is 9.47 Å². The largest absolute Gasteiger partial charge is 0.489 e. The lowest BCUT2D eigenvalue weighted by Gasteiger charge is -2.29. The van der Waals surface area contributed by atoms with Gasteiger partial charge in [0.15, 0.2) is 0 Å². The molecule has 0 spiro atoms. The summed E-state index contributed by atoms with van der Waals surface area (Å²) in [7, 11) is 3.49. The number of hydrogen-bond donors (Lipinski definition) is 0. The molecule has 0 saturated carbocycles. The van der Waals surface area contributed by atoms with Crippen LogP contribution in [0.1, 0.15) is 23.2 Å². The highest BCUT2D eigenvalue weighted by Gasteiger charge is 2.20. The van der Waals surface area contributed by atoms with E-state index in [-0.39, 0.29) is 12.1 Å². The van der Waals surface area contributed by atoms with Gasteiger partial charge >= 0.3 is 5.97 Å². The third-order valence-corrected chi connectivity index (χ3v) is 3.25. The van der Waals surface area contributed by atoms with Gasteiger partial charge in [0.25, 0.3) is 0 Å². The number of benzene rings is 1. The van der Waals surface area contributed by atoms with Crippen LogP contribution < -0.4 is 4.74 Å². The van der Waals surface area contributed by atoms with Crippen molar-refractivity contribution in [1.82, 2.24) is 4.90 Å². The number of methoxy groups -OCH3 is 1. The molecule has 0 aromatic heterocycles. The van der Waals surface area contributed by atoms with Crippen molar-refractivity contribution in [2.45, 2.75) is 18.9 Å². The lowest BCUT2D eigenvalue weighted by molar-refractivity contribution is 0.0586. The fourth-order valence-electron chi connectivity index (χ4n) is 2.13. The number of likely N-dealkylation sites (tertiary alicyclic amines) is 1. The van der Waals surface area contributed by atoms with E-state index in [0.29, 0.717) is 11.3 Å². The molecule has 4 nitrogen and oxygen atoms in total. The van der Waals surface area contributed by atoms with Crippen molar-refractivity contribution in [2.75, 3.05) is 27.2 Å². The zero-order chi connectivity index (χ0) is 13.0. The van der Waals surface area contributed by atoms with Gasteiger partial charge < -0.3 is 14.4 Å². The van der Waals surface area contributed by atoms with Gasteiger partial charge in [0, 0.05) is 13.1 Å². The first-order valence-electron chi connectivity index (χ1n) is 6.23. The normalized spacial score (nSPS) is 17.4. The van der Waals surface area contributed by atoms with Crippen LogP contribution in [0.2, 0.25) is 0 Å². The van der Waals surface area contributed by atoms with Crippen LogP contribution in [0.5, 0.6) is 5.75 Å². The summed E-state index contributed by atoms with van der Waals surface area (Å²) < 4.78 is 10.7. The van der Waals surface area contributed by atoms with Crippen molar-refractivity contribution >= 4 is 5.97 Å². The first-order chi connectivity index (χ1) is 8.70. The summed E-state index contributed by atoms with van der Waals surface area (Å²) in [6.45, 7) is 2.07. The van der Waals surface area contributed by atoms with E-state index in [1.165, 1.54) is 7.11 Å². The average molecular weight is 249 g/mol. The standard InChI is InChI=1S/C14H19NO3/c1-15-9-7-11(8-10-15)18-13-6-4-3-5-12(13)14(16)17-2/h3-6,11H,7-10H2,1-2H3. The first-order valence-corrected chi connectivity index (χ1v) is 6.23. The molecule has 0 N–H and O–H groups in total. The van der Waals surface area contributed by atoms with Crippen molar-refractivity contribution in [3.63, 3.8) is 0 Å². The number of nitrogens with zero attached hydrogens (tertiary/aromatic N) is 1. The number of ether oxygens (including phenoxy) is 2. The Hall–Kier alpha value is -1.55. The molecule has 0 atom stereocenters. The van der Waals surface area contributed by atoms with E-state index in [1.807, 2.05) is 18.2 Å². The Bertz CT molecular complexity index is 411. The van der Waals surface area contributed by atoms with Crippen molar-refractivity contribution in [3.05, 3.63) is 29.8 Å². The van der Waals surface area contributed by atoms with Crippen molar-refractivity contribution in [2.24, 2.45) is 0 Å². The molecule has 0 radical (unpaired) electrons. The molecular formula is C14H19NO3. The average Bonchev–Trinajstić information content (AvgIpc) is 2.41. The Morgan fingerprint density at radius 1 is 1.28 bits per heavy atom. The van der Waals surface area contributed by atoms with Crippen molar-refractivity contribution < 1.29 is 14.3 Å². The number of hydrogen-bond acceptors (Lipinski definition) is 4. The number of carbonyl (C=O) groups excluding carboxylic acids is 1. The van der Waals surface area contributed by atoms with Crippen LogP contribution in [0.25, 0.3) is 0 Å². The van der Waals surface area contributed by atoms with Crippen LogP contribution >= 0.6 is 0 Å². The van der Waals surface area contributed by atoms with Gasteiger partial charge in [-0.05, 0) is 32.0 Å². The van der Waals surface area contributed by atoms with Crippen LogP contribution in [-0.4, -0.2) is 44.2 Å². The number of carbonyl (C=O) groups is 1. The highest BCUT2D eigenvalue weighted by molar-refractivity contribution is 5.92. The van der Waals surface area contributed by atoms with Gasteiger partial charge in [-0.2, -0.15) is 0 Å². The highest BCUT2D eigenvalue weighted by atomic mass is 16.5. The Balaban J connectivity index is 2.07. The molecule has 1 aromatic carbocycles. The first kappa shape index (κ1) is 12.9. The van der Waals surface area contributed by atoms with Gasteiger partial charge in [-0.15, -0.1) is 0 Å². The fourth-order valence-corrected chi connectivity index (χ4v) is 2.13.